The molecular formula is C11H15NO5S2. The highest BCUT2D eigenvalue weighted by atomic mass is 32.2. The Labute approximate surface area is 115 Å². The molecule has 1 aromatic heterocycles. The number of furan rings is 1. The zero-order valence-corrected chi connectivity index (χ0v) is 12.0. The smallest absolute Gasteiger partial charge is 0.371 e. The van der Waals surface area contributed by atoms with E-state index in [1.807, 2.05) is 6.92 Å². The minimum absolute atomic E-state index is 0.102. The van der Waals surface area contributed by atoms with Crippen LogP contribution in [0.4, 0.5) is 0 Å². The number of carboxylic acids is 1. The van der Waals surface area contributed by atoms with Crippen molar-refractivity contribution in [2.75, 3.05) is 12.3 Å². The van der Waals surface area contributed by atoms with Gasteiger partial charge in [0.05, 0.1) is 0 Å². The highest BCUT2D eigenvalue weighted by Crippen LogP contribution is 2.37. The Morgan fingerprint density at radius 2 is 2.32 bits per heavy atom. The fraction of sp³-hybridized carbons (Fsp3) is 0.545. The van der Waals surface area contributed by atoms with Gasteiger partial charge in [-0.1, -0.05) is 0 Å². The number of hydrogen-bond acceptors (Lipinski definition) is 5. The summed E-state index contributed by atoms with van der Waals surface area (Å²) in [6.07, 6.45) is 2.03. The number of sulfonamides is 1. The van der Waals surface area contributed by atoms with E-state index in [1.54, 1.807) is 11.8 Å². The van der Waals surface area contributed by atoms with Crippen LogP contribution < -0.4 is 4.72 Å². The molecule has 2 rings (SSSR count). The van der Waals surface area contributed by atoms with Crippen molar-refractivity contribution in [1.82, 2.24) is 4.72 Å². The molecule has 2 heterocycles. The van der Waals surface area contributed by atoms with Gasteiger partial charge in [0.1, 0.15) is 0 Å². The molecule has 1 atom stereocenters. The Bertz CT molecular complexity index is 572. The third-order valence-corrected chi connectivity index (χ3v) is 5.81. The molecule has 1 unspecified atom stereocenters. The van der Waals surface area contributed by atoms with Crippen molar-refractivity contribution < 1.29 is 22.7 Å². The molecule has 1 aliphatic rings. The van der Waals surface area contributed by atoms with Crippen LogP contribution in [0.25, 0.3) is 0 Å². The first-order valence-corrected chi connectivity index (χ1v) is 8.26. The van der Waals surface area contributed by atoms with E-state index < -0.39 is 16.0 Å². The highest BCUT2D eigenvalue weighted by Gasteiger charge is 2.32. The number of hydrogen-bond donors (Lipinski definition) is 2. The molecule has 1 aromatic rings. The minimum atomic E-state index is -3.79. The van der Waals surface area contributed by atoms with E-state index in [4.69, 9.17) is 9.52 Å². The number of carbonyl (C=O) groups is 1. The standard InChI is InChI=1S/C11H15NO5S2/c1-11(5-2-6-18-11)7-12-19(15,16)9-4-3-8(17-9)10(13)14/h3-4,12H,2,5-7H2,1H3,(H,13,14). The Morgan fingerprint density at radius 3 is 2.84 bits per heavy atom. The van der Waals surface area contributed by atoms with E-state index in [0.717, 1.165) is 30.7 Å². The van der Waals surface area contributed by atoms with E-state index in [2.05, 4.69) is 4.72 Å². The van der Waals surface area contributed by atoms with Gasteiger partial charge in [-0.3, -0.25) is 0 Å². The van der Waals surface area contributed by atoms with Crippen molar-refractivity contribution in [2.45, 2.75) is 29.6 Å². The number of nitrogens with one attached hydrogen (secondary N) is 1. The van der Waals surface area contributed by atoms with Crippen LogP contribution in [0.5, 0.6) is 0 Å². The third-order valence-electron chi connectivity index (χ3n) is 2.99. The maximum absolute atomic E-state index is 12.0. The summed E-state index contributed by atoms with van der Waals surface area (Å²) in [5.74, 6) is -0.649. The van der Waals surface area contributed by atoms with Gasteiger partial charge in [0.15, 0.2) is 0 Å². The minimum Gasteiger partial charge on any atom is -0.475 e. The second kappa shape index (κ2) is 5.18. The molecule has 6 nitrogen and oxygen atoms in total. The van der Waals surface area contributed by atoms with Gasteiger partial charge in [-0.05, 0) is 37.7 Å². The van der Waals surface area contributed by atoms with Gasteiger partial charge >= 0.3 is 5.97 Å². The lowest BCUT2D eigenvalue weighted by Crippen LogP contribution is -2.36. The van der Waals surface area contributed by atoms with Gasteiger partial charge in [-0.25, -0.2) is 17.9 Å². The summed E-state index contributed by atoms with van der Waals surface area (Å²) >= 11 is 1.74. The molecule has 0 bridgehead atoms. The van der Waals surface area contributed by atoms with Crippen LogP contribution >= 0.6 is 11.8 Å². The van der Waals surface area contributed by atoms with Crippen molar-refractivity contribution in [3.05, 3.63) is 17.9 Å². The first kappa shape index (κ1) is 14.4. The molecule has 0 amide bonds. The quantitative estimate of drug-likeness (QED) is 0.856. The van der Waals surface area contributed by atoms with Crippen molar-refractivity contribution in [2.24, 2.45) is 0 Å². The van der Waals surface area contributed by atoms with Gasteiger partial charge < -0.3 is 9.52 Å². The molecule has 1 saturated heterocycles. The number of carboxylic acid groups (broad SMARTS) is 1. The number of rotatable bonds is 5. The number of thioether (sulfide) groups is 1. The first-order valence-electron chi connectivity index (χ1n) is 5.79. The highest BCUT2D eigenvalue weighted by molar-refractivity contribution is 8.01. The fourth-order valence-corrected chi connectivity index (χ4v) is 4.31. The van der Waals surface area contributed by atoms with Crippen LogP contribution in [-0.2, 0) is 10.0 Å². The summed E-state index contributed by atoms with van der Waals surface area (Å²) in [5, 5.41) is 8.33. The average Bonchev–Trinajstić information content (AvgIpc) is 2.96. The van der Waals surface area contributed by atoms with Gasteiger partial charge in [-0.15, -0.1) is 0 Å². The molecule has 1 fully saturated rings. The molecule has 0 saturated carbocycles. The van der Waals surface area contributed by atoms with Crippen LogP contribution in [0.15, 0.2) is 21.6 Å². The first-order chi connectivity index (χ1) is 8.82. The summed E-state index contributed by atoms with van der Waals surface area (Å²) in [6.45, 7) is 2.32. The average molecular weight is 305 g/mol. The maximum Gasteiger partial charge on any atom is 0.371 e. The van der Waals surface area contributed by atoms with Gasteiger partial charge in [-0.2, -0.15) is 11.8 Å². The second-order valence-electron chi connectivity index (χ2n) is 4.65. The van der Waals surface area contributed by atoms with Crippen LogP contribution in [0.3, 0.4) is 0 Å². The van der Waals surface area contributed by atoms with E-state index in [-0.39, 0.29) is 15.6 Å². The lowest BCUT2D eigenvalue weighted by molar-refractivity contribution is 0.0656. The normalized spacial score (nSPS) is 23.6. The van der Waals surface area contributed by atoms with Gasteiger partial charge in [0.2, 0.25) is 10.9 Å². The van der Waals surface area contributed by atoms with Crippen LogP contribution in [0.1, 0.15) is 30.3 Å². The lowest BCUT2D eigenvalue weighted by atomic mass is 10.1. The van der Waals surface area contributed by atoms with E-state index in [0.29, 0.717) is 6.54 Å². The van der Waals surface area contributed by atoms with E-state index in [9.17, 15) is 13.2 Å². The van der Waals surface area contributed by atoms with Crippen LogP contribution in [0.2, 0.25) is 0 Å². The zero-order valence-electron chi connectivity index (χ0n) is 10.4. The largest absolute Gasteiger partial charge is 0.475 e. The van der Waals surface area contributed by atoms with Crippen LogP contribution in [-0.4, -0.2) is 36.5 Å². The molecule has 19 heavy (non-hydrogen) atoms. The maximum atomic E-state index is 12.0. The lowest BCUT2D eigenvalue weighted by Gasteiger charge is -2.22. The summed E-state index contributed by atoms with van der Waals surface area (Å²) < 4.78 is 31.1. The predicted octanol–water partition coefficient (Wildman–Crippen LogP) is 1.54. The SMILES string of the molecule is CC1(CNS(=O)(=O)c2ccc(C(=O)O)o2)CCCS1. The van der Waals surface area contributed by atoms with Gasteiger partial charge in [0, 0.05) is 11.3 Å². The molecule has 1 aliphatic heterocycles. The summed E-state index contributed by atoms with van der Waals surface area (Å²) in [5.41, 5.74) is 0. The molecular weight excluding hydrogens is 290 g/mol. The Balaban J connectivity index is 2.07. The number of aromatic carboxylic acids is 1. The summed E-state index contributed by atoms with van der Waals surface area (Å²) in [6, 6.07) is 2.28. The predicted molar refractivity (Wildman–Crippen MR) is 71.0 cm³/mol. The van der Waals surface area contributed by atoms with Crippen molar-refractivity contribution >= 4 is 27.8 Å². The summed E-state index contributed by atoms with van der Waals surface area (Å²) in [7, 11) is -3.79. The topological polar surface area (TPSA) is 96.6 Å². The molecule has 106 valence electrons. The monoisotopic (exact) mass is 305 g/mol. The summed E-state index contributed by atoms with van der Waals surface area (Å²) in [4.78, 5) is 10.6. The molecule has 2 N–H and O–H groups in total. The molecule has 8 heteroatoms. The van der Waals surface area contributed by atoms with E-state index >= 15 is 0 Å². The van der Waals surface area contributed by atoms with Gasteiger partial charge in [0.25, 0.3) is 10.0 Å². The molecule has 0 spiro atoms. The fourth-order valence-electron chi connectivity index (χ4n) is 1.87. The van der Waals surface area contributed by atoms with E-state index in [1.165, 1.54) is 0 Å². The zero-order chi connectivity index (χ0) is 14.1. The van der Waals surface area contributed by atoms with Crippen molar-refractivity contribution in [3.63, 3.8) is 0 Å². The second-order valence-corrected chi connectivity index (χ2v) is 8.03. The van der Waals surface area contributed by atoms with Crippen molar-refractivity contribution in [1.29, 1.82) is 0 Å². The Morgan fingerprint density at radius 1 is 1.58 bits per heavy atom. The Hall–Kier alpha value is -0.990. The van der Waals surface area contributed by atoms with Crippen molar-refractivity contribution in [3.8, 4) is 0 Å². The molecule has 0 aromatic carbocycles. The Kier molecular flexibility index (Phi) is 3.93. The third kappa shape index (κ3) is 3.31. The molecule has 0 aliphatic carbocycles. The van der Waals surface area contributed by atoms with Crippen LogP contribution in [0, 0.1) is 0 Å². The molecule has 0 radical (unpaired) electrons.